The predicted octanol–water partition coefficient (Wildman–Crippen LogP) is 6.08. The van der Waals surface area contributed by atoms with Crippen LogP contribution in [0.3, 0.4) is 0 Å². The van der Waals surface area contributed by atoms with Gasteiger partial charge in [-0.3, -0.25) is 4.79 Å². The van der Waals surface area contributed by atoms with Crippen molar-refractivity contribution in [3.8, 4) is 0 Å². The van der Waals surface area contributed by atoms with Crippen LogP contribution in [0, 0.1) is 5.41 Å². The van der Waals surface area contributed by atoms with Crippen molar-refractivity contribution in [1.82, 2.24) is 0 Å². The molecule has 0 bridgehead atoms. The molecule has 2 heterocycles. The van der Waals surface area contributed by atoms with Gasteiger partial charge in [0.05, 0.1) is 6.61 Å². The molecule has 232 valence electrons. The minimum Gasteiger partial charge on any atom is -1.00 e. The van der Waals surface area contributed by atoms with Crippen LogP contribution in [-0.2, 0) is 20.8 Å². The molecule has 1 fully saturated rings. The number of carbonyl (C=O) groups is 1. The number of carbonyl (C=O) groups excluding carboxylic acids is 1. The van der Waals surface area contributed by atoms with Gasteiger partial charge in [-0.25, -0.2) is 0 Å². The highest BCUT2D eigenvalue weighted by Gasteiger charge is 2.39. The van der Waals surface area contributed by atoms with E-state index in [9.17, 15) is 4.79 Å². The first-order valence-corrected chi connectivity index (χ1v) is 17.6. The lowest BCUT2D eigenvalue weighted by atomic mass is 9.94. The molecule has 1 saturated heterocycles. The van der Waals surface area contributed by atoms with Gasteiger partial charge in [0, 0.05) is 53.9 Å². The predicted molar refractivity (Wildman–Crippen MR) is 170 cm³/mol. The molecule has 1 aromatic heterocycles. The van der Waals surface area contributed by atoms with Gasteiger partial charge >= 0.3 is 5.97 Å². The summed E-state index contributed by atoms with van der Waals surface area (Å²) in [6, 6.07) is 12.7. The fraction of sp³-hybridized carbons (Fsp3) is 0.714. The first-order valence-electron chi connectivity index (χ1n) is 16.4. The number of aryl methyl sites for hydroxylation is 1. The molecule has 3 rings (SSSR count). The van der Waals surface area contributed by atoms with Crippen molar-refractivity contribution < 1.29 is 35.8 Å². The van der Waals surface area contributed by atoms with Crippen LogP contribution in [0.15, 0.2) is 42.6 Å². The van der Waals surface area contributed by atoms with E-state index >= 15 is 0 Å². The summed E-state index contributed by atoms with van der Waals surface area (Å²) in [5, 5.41) is 1.25. The second-order valence-electron chi connectivity index (χ2n) is 12.0. The molecule has 0 N–H and O–H groups in total. The van der Waals surface area contributed by atoms with E-state index in [2.05, 4.69) is 54.1 Å². The molecule has 0 aliphatic carbocycles. The van der Waals surface area contributed by atoms with Crippen molar-refractivity contribution in [2.24, 2.45) is 5.41 Å². The van der Waals surface area contributed by atoms with Crippen molar-refractivity contribution in [1.29, 1.82) is 0 Å². The number of esters is 1. The summed E-state index contributed by atoms with van der Waals surface area (Å²) in [4.78, 5) is 12.4. The maximum Gasteiger partial charge on any atom is 0.305 e. The van der Waals surface area contributed by atoms with E-state index in [0.29, 0.717) is 13.0 Å². The molecular formula is C35H56BrNO3S. The molecule has 0 radical (unpaired) electrons. The largest absolute Gasteiger partial charge is 1.00 e. The second-order valence-corrected chi connectivity index (χ2v) is 13.0. The van der Waals surface area contributed by atoms with Crippen LogP contribution >= 0.6 is 11.8 Å². The fourth-order valence-corrected chi connectivity index (χ4v) is 6.67. The van der Waals surface area contributed by atoms with E-state index in [0.717, 1.165) is 50.5 Å². The smallest absolute Gasteiger partial charge is 0.305 e. The summed E-state index contributed by atoms with van der Waals surface area (Å²) < 4.78 is 14.0. The average molecular weight is 651 g/mol. The lowest BCUT2D eigenvalue weighted by Gasteiger charge is -2.40. The van der Waals surface area contributed by atoms with E-state index in [1.54, 1.807) is 0 Å². The minimum absolute atomic E-state index is 0. The Kier molecular flexibility index (Phi) is 19.7. The van der Waals surface area contributed by atoms with Crippen molar-refractivity contribution in [2.75, 3.05) is 31.3 Å². The van der Waals surface area contributed by atoms with Gasteiger partial charge in [0.1, 0.15) is 13.2 Å². The van der Waals surface area contributed by atoms with Crippen LogP contribution < -0.4 is 21.5 Å². The first-order chi connectivity index (χ1) is 19.7. The zero-order valence-electron chi connectivity index (χ0n) is 25.8. The molecule has 0 saturated carbocycles. The Morgan fingerprint density at radius 2 is 1.39 bits per heavy atom. The Balaban J connectivity index is 0.00000588. The van der Waals surface area contributed by atoms with Gasteiger partial charge in [-0.2, -0.15) is 16.3 Å². The Labute approximate surface area is 265 Å². The summed E-state index contributed by atoms with van der Waals surface area (Å²) in [7, 11) is 0. The number of halogens is 1. The third kappa shape index (κ3) is 14.8. The number of ether oxygens (including phenoxy) is 2. The SMILES string of the molecule is CCCCCCCCCCCCCCCCOCC1(COC(=O)CCCC[n+]2cccc3ccccc32)CSC1.[Br-]. The summed E-state index contributed by atoms with van der Waals surface area (Å²) in [5.41, 5.74) is 1.28. The molecule has 1 aromatic carbocycles. The van der Waals surface area contributed by atoms with E-state index in [1.807, 2.05) is 11.8 Å². The van der Waals surface area contributed by atoms with Crippen LogP contribution in [0.25, 0.3) is 10.9 Å². The highest BCUT2D eigenvalue weighted by atomic mass is 79.9. The molecule has 2 aromatic rings. The van der Waals surface area contributed by atoms with Gasteiger partial charge in [0.25, 0.3) is 0 Å². The zero-order chi connectivity index (χ0) is 28.1. The maximum atomic E-state index is 12.4. The lowest BCUT2D eigenvalue weighted by Crippen LogP contribution is -3.00. The molecule has 1 aliphatic rings. The highest BCUT2D eigenvalue weighted by molar-refractivity contribution is 8.00. The Hall–Kier alpha value is -1.11. The number of para-hydroxylation sites is 1. The summed E-state index contributed by atoms with van der Waals surface area (Å²) >= 11 is 1.93. The van der Waals surface area contributed by atoms with Crippen molar-refractivity contribution >= 4 is 28.6 Å². The molecule has 4 nitrogen and oxygen atoms in total. The average Bonchev–Trinajstić information content (AvgIpc) is 2.96. The molecule has 0 unspecified atom stereocenters. The molecule has 6 heteroatoms. The number of thioether (sulfide) groups is 1. The van der Waals surface area contributed by atoms with Gasteiger partial charge in [0.2, 0.25) is 5.52 Å². The van der Waals surface area contributed by atoms with E-state index in [4.69, 9.17) is 9.47 Å². The molecule has 41 heavy (non-hydrogen) atoms. The van der Waals surface area contributed by atoms with Crippen LogP contribution in [0.5, 0.6) is 0 Å². The molecular weight excluding hydrogens is 594 g/mol. The van der Waals surface area contributed by atoms with Gasteiger partial charge < -0.3 is 26.5 Å². The molecule has 0 atom stereocenters. The van der Waals surface area contributed by atoms with Crippen molar-refractivity contribution in [3.63, 3.8) is 0 Å². The first kappa shape index (κ1) is 36.1. The number of pyridine rings is 1. The quantitative estimate of drug-likeness (QED) is 0.0786. The number of unbranched alkanes of at least 4 members (excludes halogenated alkanes) is 14. The zero-order valence-corrected chi connectivity index (χ0v) is 28.2. The lowest BCUT2D eigenvalue weighted by molar-refractivity contribution is -0.671. The van der Waals surface area contributed by atoms with E-state index in [-0.39, 0.29) is 28.4 Å². The van der Waals surface area contributed by atoms with Crippen LogP contribution in [0.1, 0.15) is 116 Å². The summed E-state index contributed by atoms with van der Waals surface area (Å²) in [6.07, 6.45) is 23.7. The summed E-state index contributed by atoms with van der Waals surface area (Å²) in [6.45, 7) is 5.28. The number of benzene rings is 1. The van der Waals surface area contributed by atoms with Crippen molar-refractivity contribution in [3.05, 3.63) is 42.6 Å². The van der Waals surface area contributed by atoms with Crippen LogP contribution in [-0.4, -0.2) is 37.3 Å². The number of hydrogen-bond donors (Lipinski definition) is 0. The van der Waals surface area contributed by atoms with E-state index < -0.39 is 0 Å². The second kappa shape index (κ2) is 22.4. The number of hydrogen-bond acceptors (Lipinski definition) is 4. The fourth-order valence-electron chi connectivity index (χ4n) is 5.56. The third-order valence-electron chi connectivity index (χ3n) is 8.22. The minimum atomic E-state index is -0.0637. The van der Waals surface area contributed by atoms with Crippen molar-refractivity contribution in [2.45, 2.75) is 123 Å². The third-order valence-corrected chi connectivity index (χ3v) is 9.86. The van der Waals surface area contributed by atoms with Gasteiger partial charge in [-0.05, 0) is 25.0 Å². The molecule has 1 aliphatic heterocycles. The van der Waals surface area contributed by atoms with Crippen LogP contribution in [0.4, 0.5) is 0 Å². The topological polar surface area (TPSA) is 39.4 Å². The number of rotatable bonds is 24. The number of fused-ring (bicyclic) bond motifs is 1. The highest BCUT2D eigenvalue weighted by Crippen LogP contribution is 2.38. The number of aromatic nitrogens is 1. The normalized spacial score (nSPS) is 14.0. The molecule has 0 amide bonds. The van der Waals surface area contributed by atoms with E-state index in [1.165, 1.54) is 94.4 Å². The van der Waals surface area contributed by atoms with Gasteiger partial charge in [0.15, 0.2) is 6.20 Å². The van der Waals surface area contributed by atoms with Gasteiger partial charge in [-0.1, -0.05) is 103 Å². The molecule has 0 spiro atoms. The Bertz CT molecular complexity index is 947. The Morgan fingerprint density at radius 1 is 0.780 bits per heavy atom. The van der Waals surface area contributed by atoms with Gasteiger partial charge in [-0.15, -0.1) is 0 Å². The maximum absolute atomic E-state index is 12.4. The number of nitrogens with zero attached hydrogens (tertiary/aromatic N) is 1. The standard InChI is InChI=1S/C35H56NO3S.BrH/c1-2-3-4-5-6-7-8-9-10-11-12-13-14-19-27-38-28-35(30-40-31-35)29-39-34(37)24-17-18-25-36-26-20-22-32-21-15-16-23-33(32)36;/h15-16,20-23,26H,2-14,17-19,24-25,27-31H2,1H3;1H/q+1;/p-1. The Morgan fingerprint density at radius 3 is 2.02 bits per heavy atom. The summed E-state index contributed by atoms with van der Waals surface area (Å²) in [5.74, 6) is 2.01. The van der Waals surface area contributed by atoms with Crippen LogP contribution in [0.2, 0.25) is 0 Å². The monoisotopic (exact) mass is 649 g/mol.